The number of anilines is 1. The van der Waals surface area contributed by atoms with Crippen LogP contribution in [0.15, 0.2) is 50.8 Å². The van der Waals surface area contributed by atoms with Crippen LogP contribution in [-0.4, -0.2) is 62.1 Å². The van der Waals surface area contributed by atoms with Gasteiger partial charge in [-0.15, -0.1) is 0 Å². The lowest BCUT2D eigenvalue weighted by Gasteiger charge is -2.35. The normalized spacial score (nSPS) is 18.6. The van der Waals surface area contributed by atoms with Crippen molar-refractivity contribution in [1.82, 2.24) is 19.2 Å². The minimum atomic E-state index is -0.234. The van der Waals surface area contributed by atoms with Crippen LogP contribution in [0.4, 0.5) is 5.82 Å². The molecule has 3 aromatic heterocycles. The van der Waals surface area contributed by atoms with Gasteiger partial charge >= 0.3 is 0 Å². The van der Waals surface area contributed by atoms with Gasteiger partial charge in [0.25, 0.3) is 11.5 Å². The van der Waals surface area contributed by atoms with E-state index in [0.717, 1.165) is 38.3 Å². The van der Waals surface area contributed by atoms with Crippen LogP contribution in [0, 0.1) is 6.92 Å². The minimum Gasteiger partial charge on any atom is -0.467 e. The van der Waals surface area contributed by atoms with Gasteiger partial charge in [0.1, 0.15) is 21.5 Å². The molecule has 0 unspecified atom stereocenters. The van der Waals surface area contributed by atoms with E-state index in [4.69, 9.17) is 21.6 Å². The summed E-state index contributed by atoms with van der Waals surface area (Å²) in [4.78, 5) is 38.1. The lowest BCUT2D eigenvalue weighted by Crippen LogP contribution is -2.47. The SMILES string of the molecule is CCN1CCN(c2nc3ccc(C)cn3c(=O)c2/C=C2/SC(=S)N(Cc3ccco3)C2=O)CC1. The maximum atomic E-state index is 13.6. The number of piperazine rings is 1. The fourth-order valence-corrected chi connectivity index (χ4v) is 5.45. The molecule has 5 heterocycles. The number of hydrogen-bond acceptors (Lipinski definition) is 8. The van der Waals surface area contributed by atoms with Crippen molar-refractivity contribution in [2.45, 2.75) is 20.4 Å². The van der Waals surface area contributed by atoms with Crippen LogP contribution in [0.3, 0.4) is 0 Å². The Balaban J connectivity index is 1.57. The Morgan fingerprint density at radius 2 is 1.97 bits per heavy atom. The third-order valence-electron chi connectivity index (χ3n) is 6.15. The number of aromatic nitrogens is 2. The van der Waals surface area contributed by atoms with Crippen molar-refractivity contribution in [2.75, 3.05) is 37.6 Å². The lowest BCUT2D eigenvalue weighted by atomic mass is 10.2. The number of thiocarbonyl (C=S) groups is 1. The van der Waals surface area contributed by atoms with Crippen LogP contribution in [0.5, 0.6) is 0 Å². The first kappa shape index (κ1) is 22.8. The average Bonchev–Trinajstić information content (AvgIpc) is 3.45. The molecule has 0 bridgehead atoms. The summed E-state index contributed by atoms with van der Waals surface area (Å²) in [6, 6.07) is 7.38. The molecule has 34 heavy (non-hydrogen) atoms. The number of carbonyl (C=O) groups excluding carboxylic acids is 1. The number of rotatable bonds is 5. The number of thioether (sulfide) groups is 1. The zero-order chi connectivity index (χ0) is 23.8. The van der Waals surface area contributed by atoms with Gasteiger partial charge in [0.15, 0.2) is 0 Å². The second-order valence-corrected chi connectivity index (χ2v) is 10.0. The monoisotopic (exact) mass is 495 g/mol. The molecule has 0 aliphatic carbocycles. The zero-order valence-corrected chi connectivity index (χ0v) is 20.7. The first-order chi connectivity index (χ1) is 16.4. The zero-order valence-electron chi connectivity index (χ0n) is 19.1. The number of furan rings is 1. The molecule has 0 atom stereocenters. The highest BCUT2D eigenvalue weighted by atomic mass is 32.2. The predicted octanol–water partition coefficient (Wildman–Crippen LogP) is 3.14. The molecule has 2 fully saturated rings. The number of nitrogens with zero attached hydrogens (tertiary/aromatic N) is 5. The van der Waals surface area contributed by atoms with Crippen LogP contribution in [0.2, 0.25) is 0 Å². The van der Waals surface area contributed by atoms with Gasteiger partial charge in [-0.2, -0.15) is 0 Å². The van der Waals surface area contributed by atoms with Crippen molar-refractivity contribution in [3.63, 3.8) is 0 Å². The third kappa shape index (κ3) is 4.28. The number of amides is 1. The second-order valence-electron chi connectivity index (χ2n) is 8.36. The predicted molar refractivity (Wildman–Crippen MR) is 138 cm³/mol. The molecule has 5 rings (SSSR count). The highest BCUT2D eigenvalue weighted by molar-refractivity contribution is 8.26. The molecule has 8 nitrogen and oxygen atoms in total. The summed E-state index contributed by atoms with van der Waals surface area (Å²) in [7, 11) is 0. The van der Waals surface area contributed by atoms with E-state index in [1.165, 1.54) is 16.7 Å². The number of likely N-dealkylation sites (N-methyl/N-ethyl adjacent to an activating group) is 1. The first-order valence-electron chi connectivity index (χ1n) is 11.2. The van der Waals surface area contributed by atoms with E-state index in [-0.39, 0.29) is 18.0 Å². The summed E-state index contributed by atoms with van der Waals surface area (Å²) in [5.74, 6) is 1.03. The van der Waals surface area contributed by atoms with Crippen molar-refractivity contribution in [3.8, 4) is 0 Å². The highest BCUT2D eigenvalue weighted by Gasteiger charge is 2.33. The van der Waals surface area contributed by atoms with Crippen molar-refractivity contribution < 1.29 is 9.21 Å². The molecule has 10 heteroatoms. The molecule has 0 N–H and O–H groups in total. The fraction of sp³-hybridized carbons (Fsp3) is 0.333. The molecule has 2 aliphatic rings. The first-order valence-corrected chi connectivity index (χ1v) is 12.4. The highest BCUT2D eigenvalue weighted by Crippen LogP contribution is 2.34. The Hall–Kier alpha value is -2.95. The molecular weight excluding hydrogens is 470 g/mol. The molecular formula is C24H25N5O3S2. The van der Waals surface area contributed by atoms with E-state index >= 15 is 0 Å². The van der Waals surface area contributed by atoms with Gasteiger partial charge in [0.2, 0.25) is 0 Å². The van der Waals surface area contributed by atoms with Crippen molar-refractivity contribution >= 4 is 51.7 Å². The number of fused-ring (bicyclic) bond motifs is 1. The van der Waals surface area contributed by atoms with Crippen LogP contribution in [0.25, 0.3) is 11.7 Å². The Morgan fingerprint density at radius 1 is 1.18 bits per heavy atom. The summed E-state index contributed by atoms with van der Waals surface area (Å²) in [5, 5.41) is 0. The van der Waals surface area contributed by atoms with Gasteiger partial charge in [0, 0.05) is 32.4 Å². The molecule has 0 saturated carbocycles. The van der Waals surface area contributed by atoms with Gasteiger partial charge in [-0.05, 0) is 43.3 Å². The minimum absolute atomic E-state index is 0.196. The van der Waals surface area contributed by atoms with Gasteiger partial charge in [0.05, 0.1) is 23.3 Å². The molecule has 176 valence electrons. The van der Waals surface area contributed by atoms with Crippen molar-refractivity contribution in [2.24, 2.45) is 0 Å². The summed E-state index contributed by atoms with van der Waals surface area (Å²) in [6.07, 6.45) is 5.01. The Labute approximate surface area is 206 Å². The van der Waals surface area contributed by atoms with Crippen LogP contribution in [-0.2, 0) is 11.3 Å². The van der Waals surface area contributed by atoms with Gasteiger partial charge in [-0.25, -0.2) is 4.98 Å². The van der Waals surface area contributed by atoms with Gasteiger partial charge in [-0.1, -0.05) is 37.0 Å². The van der Waals surface area contributed by atoms with Crippen LogP contribution >= 0.6 is 24.0 Å². The number of aryl methyl sites for hydroxylation is 1. The topological polar surface area (TPSA) is 74.3 Å². The van der Waals surface area contributed by atoms with E-state index in [0.29, 0.717) is 32.0 Å². The lowest BCUT2D eigenvalue weighted by molar-refractivity contribution is -0.122. The van der Waals surface area contributed by atoms with E-state index in [2.05, 4.69) is 16.7 Å². The van der Waals surface area contributed by atoms with E-state index in [1.807, 2.05) is 19.1 Å². The maximum absolute atomic E-state index is 13.6. The van der Waals surface area contributed by atoms with E-state index in [1.54, 1.807) is 35.1 Å². The van der Waals surface area contributed by atoms with Gasteiger partial charge in [-0.3, -0.25) is 18.9 Å². The molecule has 1 amide bonds. The quantitative estimate of drug-likeness (QED) is 0.395. The van der Waals surface area contributed by atoms with Crippen LogP contribution in [0.1, 0.15) is 23.8 Å². The van der Waals surface area contributed by atoms with E-state index in [9.17, 15) is 9.59 Å². The van der Waals surface area contributed by atoms with E-state index < -0.39 is 0 Å². The number of hydrogen-bond donors (Lipinski definition) is 0. The largest absolute Gasteiger partial charge is 0.467 e. The standard InChI is InChI=1S/C24H25N5O3S2/c1-3-26-8-10-27(11-9-26)21-18(22(30)28-14-16(2)6-7-20(28)25-21)13-19-23(31)29(24(33)34-19)15-17-5-4-12-32-17/h4-7,12-14H,3,8-11,15H2,1-2H3/b19-13+. The summed E-state index contributed by atoms with van der Waals surface area (Å²) in [6.45, 7) is 8.66. The molecule has 0 aromatic carbocycles. The molecule has 2 aliphatic heterocycles. The fourth-order valence-electron chi connectivity index (χ4n) is 4.22. The second kappa shape index (κ2) is 9.36. The Bertz CT molecular complexity index is 1340. The van der Waals surface area contributed by atoms with Crippen LogP contribution < -0.4 is 10.5 Å². The molecule has 2 saturated heterocycles. The van der Waals surface area contributed by atoms with Crippen molar-refractivity contribution in [3.05, 3.63) is 68.9 Å². The molecule has 0 radical (unpaired) electrons. The third-order valence-corrected chi connectivity index (χ3v) is 7.53. The molecule has 0 spiro atoms. The van der Waals surface area contributed by atoms with Gasteiger partial charge < -0.3 is 14.2 Å². The number of carbonyl (C=O) groups is 1. The molecule has 3 aromatic rings. The summed E-state index contributed by atoms with van der Waals surface area (Å²) in [5.41, 5.74) is 1.76. The smallest absolute Gasteiger partial charge is 0.267 e. The van der Waals surface area contributed by atoms with Crippen molar-refractivity contribution in [1.29, 1.82) is 0 Å². The maximum Gasteiger partial charge on any atom is 0.267 e. The Kier molecular flexibility index (Phi) is 6.28. The average molecular weight is 496 g/mol. The summed E-state index contributed by atoms with van der Waals surface area (Å²) >= 11 is 6.67. The summed E-state index contributed by atoms with van der Waals surface area (Å²) < 4.78 is 7.38. The Morgan fingerprint density at radius 3 is 2.68 bits per heavy atom. The number of pyridine rings is 1.